The molecule has 2 amide bonds. The van der Waals surface area contributed by atoms with E-state index in [-0.39, 0.29) is 0 Å². The van der Waals surface area contributed by atoms with Crippen LogP contribution in [0.1, 0.15) is 19.4 Å². The number of amides is 2. The number of ether oxygens (including phenoxy) is 1. The van der Waals surface area contributed by atoms with E-state index in [0.29, 0.717) is 23.8 Å². The summed E-state index contributed by atoms with van der Waals surface area (Å²) in [5.74, 6) is -0.958. The van der Waals surface area contributed by atoms with Crippen LogP contribution in [0, 0.1) is 0 Å². The first kappa shape index (κ1) is 17.1. The van der Waals surface area contributed by atoms with Crippen molar-refractivity contribution in [3.05, 3.63) is 54.4 Å². The Morgan fingerprint density at radius 1 is 1.08 bits per heavy atom. The monoisotopic (exact) mass is 326 g/mol. The second-order valence-corrected chi connectivity index (χ2v) is 4.79. The largest absolute Gasteiger partial charge is 0.494 e. The van der Waals surface area contributed by atoms with Gasteiger partial charge < -0.3 is 10.1 Å². The summed E-state index contributed by atoms with van der Waals surface area (Å²) in [4.78, 5) is 27.5. The zero-order valence-electron chi connectivity index (χ0n) is 13.4. The summed E-state index contributed by atoms with van der Waals surface area (Å²) in [6.45, 7) is 4.16. The minimum Gasteiger partial charge on any atom is -0.494 e. The SMILES string of the molecule is CCOc1ccc(NC(=O)C(=O)N/N=C(\C)c2ccncc2)cc1. The van der Waals surface area contributed by atoms with Crippen LogP contribution in [0.5, 0.6) is 5.75 Å². The first-order valence-corrected chi connectivity index (χ1v) is 7.39. The maximum absolute atomic E-state index is 11.8. The van der Waals surface area contributed by atoms with E-state index in [1.54, 1.807) is 55.7 Å². The van der Waals surface area contributed by atoms with Crippen molar-refractivity contribution in [2.45, 2.75) is 13.8 Å². The lowest BCUT2D eigenvalue weighted by atomic mass is 10.2. The first-order chi connectivity index (χ1) is 11.6. The van der Waals surface area contributed by atoms with Crippen LogP contribution in [0.15, 0.2) is 53.9 Å². The van der Waals surface area contributed by atoms with Gasteiger partial charge in [-0.2, -0.15) is 5.10 Å². The lowest BCUT2D eigenvalue weighted by Gasteiger charge is -2.06. The Hall–Kier alpha value is -3.22. The smallest absolute Gasteiger partial charge is 0.329 e. The van der Waals surface area contributed by atoms with Crippen molar-refractivity contribution < 1.29 is 14.3 Å². The van der Waals surface area contributed by atoms with E-state index in [4.69, 9.17) is 4.74 Å². The first-order valence-electron chi connectivity index (χ1n) is 7.39. The van der Waals surface area contributed by atoms with Crippen LogP contribution < -0.4 is 15.5 Å². The summed E-state index contributed by atoms with van der Waals surface area (Å²) in [7, 11) is 0. The van der Waals surface area contributed by atoms with Gasteiger partial charge in [0.15, 0.2) is 0 Å². The number of pyridine rings is 1. The van der Waals surface area contributed by atoms with Gasteiger partial charge in [0.2, 0.25) is 0 Å². The van der Waals surface area contributed by atoms with Crippen molar-refractivity contribution in [1.82, 2.24) is 10.4 Å². The number of hydrazone groups is 1. The van der Waals surface area contributed by atoms with Gasteiger partial charge >= 0.3 is 11.8 Å². The molecule has 0 fully saturated rings. The zero-order valence-corrected chi connectivity index (χ0v) is 13.4. The molecule has 124 valence electrons. The van der Waals surface area contributed by atoms with E-state index in [9.17, 15) is 9.59 Å². The van der Waals surface area contributed by atoms with Gasteiger partial charge in [-0.3, -0.25) is 14.6 Å². The Balaban J connectivity index is 1.91. The Morgan fingerprint density at radius 2 is 1.75 bits per heavy atom. The molecule has 0 radical (unpaired) electrons. The van der Waals surface area contributed by atoms with E-state index in [0.717, 1.165) is 5.56 Å². The highest BCUT2D eigenvalue weighted by molar-refractivity contribution is 6.39. The number of carbonyl (C=O) groups excluding carboxylic acids is 2. The molecular weight excluding hydrogens is 308 g/mol. The van der Waals surface area contributed by atoms with Crippen LogP contribution in [0.25, 0.3) is 0 Å². The van der Waals surface area contributed by atoms with Crippen molar-refractivity contribution in [1.29, 1.82) is 0 Å². The molecule has 2 rings (SSSR count). The third-order valence-electron chi connectivity index (χ3n) is 3.05. The van der Waals surface area contributed by atoms with E-state index in [2.05, 4.69) is 20.8 Å². The number of rotatable bonds is 5. The number of hydrogen-bond donors (Lipinski definition) is 2. The van der Waals surface area contributed by atoms with Gasteiger partial charge in [0, 0.05) is 23.6 Å². The second-order valence-electron chi connectivity index (χ2n) is 4.79. The molecule has 0 spiro atoms. The van der Waals surface area contributed by atoms with E-state index in [1.807, 2.05) is 6.92 Å². The van der Waals surface area contributed by atoms with Crippen LogP contribution in [0.3, 0.4) is 0 Å². The number of anilines is 1. The summed E-state index contributed by atoms with van der Waals surface area (Å²) in [5, 5.41) is 6.39. The molecule has 0 unspecified atom stereocenters. The standard InChI is InChI=1S/C17H18N4O3/c1-3-24-15-6-4-14(5-7-15)19-16(22)17(23)21-20-12(2)13-8-10-18-11-9-13/h4-11H,3H2,1-2H3,(H,19,22)(H,21,23)/b20-12+. The zero-order chi connectivity index (χ0) is 17.4. The number of benzene rings is 1. The van der Waals surface area contributed by atoms with Gasteiger partial charge in [-0.15, -0.1) is 0 Å². The lowest BCUT2D eigenvalue weighted by Crippen LogP contribution is -2.32. The van der Waals surface area contributed by atoms with Crippen molar-refractivity contribution in [2.24, 2.45) is 5.10 Å². The second kappa shape index (κ2) is 8.42. The van der Waals surface area contributed by atoms with Gasteiger partial charge in [-0.1, -0.05) is 0 Å². The Bertz CT molecular complexity index is 727. The maximum atomic E-state index is 11.8. The summed E-state index contributed by atoms with van der Waals surface area (Å²) in [6.07, 6.45) is 3.24. The Labute approximate surface area is 139 Å². The number of nitrogens with one attached hydrogen (secondary N) is 2. The van der Waals surface area contributed by atoms with Crippen LogP contribution in [-0.2, 0) is 9.59 Å². The quantitative estimate of drug-likeness (QED) is 0.499. The van der Waals surface area contributed by atoms with Gasteiger partial charge in [0.25, 0.3) is 0 Å². The Kier molecular flexibility index (Phi) is 6.01. The van der Waals surface area contributed by atoms with Crippen molar-refractivity contribution in [2.75, 3.05) is 11.9 Å². The van der Waals surface area contributed by atoms with Gasteiger partial charge in [0.05, 0.1) is 12.3 Å². The topological polar surface area (TPSA) is 92.7 Å². The van der Waals surface area contributed by atoms with Crippen LogP contribution in [0.4, 0.5) is 5.69 Å². The minimum absolute atomic E-state index is 0.494. The van der Waals surface area contributed by atoms with Gasteiger partial charge in [0.1, 0.15) is 5.75 Å². The molecule has 0 aliphatic carbocycles. The predicted molar refractivity (Wildman–Crippen MR) is 90.8 cm³/mol. The average molecular weight is 326 g/mol. The molecule has 7 nitrogen and oxygen atoms in total. The van der Waals surface area contributed by atoms with Crippen molar-refractivity contribution in [3.8, 4) is 5.75 Å². The fraction of sp³-hybridized carbons (Fsp3) is 0.176. The number of carbonyl (C=O) groups is 2. The highest BCUT2D eigenvalue weighted by Crippen LogP contribution is 2.15. The average Bonchev–Trinajstić information content (AvgIpc) is 2.62. The van der Waals surface area contributed by atoms with Crippen LogP contribution in [0.2, 0.25) is 0 Å². The van der Waals surface area contributed by atoms with Gasteiger partial charge in [-0.25, -0.2) is 5.43 Å². The molecule has 0 saturated heterocycles. The lowest BCUT2D eigenvalue weighted by molar-refractivity contribution is -0.136. The Morgan fingerprint density at radius 3 is 2.38 bits per heavy atom. The predicted octanol–water partition coefficient (Wildman–Crippen LogP) is 1.96. The van der Waals surface area contributed by atoms with Gasteiger partial charge in [-0.05, 0) is 50.2 Å². The fourth-order valence-electron chi connectivity index (χ4n) is 1.83. The molecular formula is C17H18N4O3. The molecule has 0 bridgehead atoms. The highest BCUT2D eigenvalue weighted by atomic mass is 16.5. The van der Waals surface area contributed by atoms with Crippen LogP contribution in [-0.4, -0.2) is 29.1 Å². The highest BCUT2D eigenvalue weighted by Gasteiger charge is 2.13. The molecule has 0 atom stereocenters. The van der Waals surface area contributed by atoms with E-state index < -0.39 is 11.8 Å². The minimum atomic E-state index is -0.850. The van der Waals surface area contributed by atoms with Crippen molar-refractivity contribution in [3.63, 3.8) is 0 Å². The summed E-state index contributed by atoms with van der Waals surface area (Å²) in [5.41, 5.74) is 4.09. The van der Waals surface area contributed by atoms with Crippen LogP contribution >= 0.6 is 0 Å². The summed E-state index contributed by atoms with van der Waals surface area (Å²) < 4.78 is 5.31. The number of hydrogen-bond acceptors (Lipinski definition) is 5. The normalized spacial score (nSPS) is 10.8. The maximum Gasteiger partial charge on any atom is 0.329 e. The molecule has 1 aromatic heterocycles. The molecule has 7 heteroatoms. The third kappa shape index (κ3) is 4.91. The molecule has 24 heavy (non-hydrogen) atoms. The summed E-state index contributed by atoms with van der Waals surface area (Å²) >= 11 is 0. The number of aromatic nitrogens is 1. The van der Waals surface area contributed by atoms with Crippen molar-refractivity contribution >= 4 is 23.2 Å². The molecule has 0 aliphatic heterocycles. The molecule has 0 saturated carbocycles. The molecule has 0 aliphatic rings. The van der Waals surface area contributed by atoms with E-state index in [1.165, 1.54) is 0 Å². The molecule has 2 N–H and O–H groups in total. The molecule has 1 aromatic carbocycles. The summed E-state index contributed by atoms with van der Waals surface area (Å²) in [6, 6.07) is 10.2. The molecule has 2 aromatic rings. The van der Waals surface area contributed by atoms with E-state index >= 15 is 0 Å². The fourth-order valence-corrected chi connectivity index (χ4v) is 1.83. The third-order valence-corrected chi connectivity index (χ3v) is 3.05. The molecule has 1 heterocycles. The number of nitrogens with zero attached hydrogens (tertiary/aromatic N) is 2.